The molecule has 3 heterocycles. The van der Waals surface area contributed by atoms with E-state index in [4.69, 9.17) is 4.42 Å². The Morgan fingerprint density at radius 3 is 2.59 bits per heavy atom. The van der Waals surface area contributed by atoms with E-state index in [1.807, 2.05) is 0 Å². The monoisotopic (exact) mass is 462 g/mol. The average Bonchev–Trinajstić information content (AvgIpc) is 3.50. The number of para-hydroxylation sites is 1. The lowest BCUT2D eigenvalue weighted by molar-refractivity contribution is -0.126. The van der Waals surface area contributed by atoms with Gasteiger partial charge in [-0.25, -0.2) is 8.78 Å². The van der Waals surface area contributed by atoms with Crippen molar-refractivity contribution in [2.24, 2.45) is 0 Å². The van der Waals surface area contributed by atoms with Gasteiger partial charge in [-0.15, -0.1) is 0 Å². The predicted octanol–water partition coefficient (Wildman–Crippen LogP) is 4.16. The van der Waals surface area contributed by atoms with Crippen molar-refractivity contribution in [3.05, 3.63) is 95.9 Å². The highest BCUT2D eigenvalue weighted by molar-refractivity contribution is 6.12. The fraction of sp³-hybridized carbons (Fsp3) is 0.160. The minimum Gasteiger partial charge on any atom is -0.463 e. The number of aromatic nitrogens is 2. The van der Waals surface area contributed by atoms with Crippen molar-refractivity contribution >= 4 is 17.5 Å². The number of fused-ring (bicyclic) bond motifs is 1. The molecule has 2 aromatic heterocycles. The molecule has 9 heteroatoms. The number of hydrogen-bond acceptors (Lipinski definition) is 4. The molecule has 0 aliphatic carbocycles. The first-order chi connectivity index (χ1) is 16.4. The van der Waals surface area contributed by atoms with E-state index in [0.717, 1.165) is 0 Å². The Morgan fingerprint density at radius 2 is 1.88 bits per heavy atom. The topological polar surface area (TPSA) is 80.4 Å². The normalized spacial score (nSPS) is 17.5. The number of furan rings is 1. The van der Waals surface area contributed by atoms with Gasteiger partial charge >= 0.3 is 0 Å². The summed E-state index contributed by atoms with van der Waals surface area (Å²) in [6.07, 6.45) is 1.49. The molecule has 0 radical (unpaired) electrons. The van der Waals surface area contributed by atoms with Crippen molar-refractivity contribution in [1.29, 1.82) is 0 Å². The van der Waals surface area contributed by atoms with Gasteiger partial charge in [0.2, 0.25) is 5.91 Å². The molecule has 2 aromatic carbocycles. The zero-order chi connectivity index (χ0) is 23.9. The summed E-state index contributed by atoms with van der Waals surface area (Å²) in [4.78, 5) is 28.3. The largest absolute Gasteiger partial charge is 0.463 e. The van der Waals surface area contributed by atoms with Crippen molar-refractivity contribution in [3.63, 3.8) is 0 Å². The number of anilines is 1. The van der Waals surface area contributed by atoms with Crippen LogP contribution in [0.15, 0.2) is 77.4 Å². The predicted molar refractivity (Wildman–Crippen MR) is 120 cm³/mol. The fourth-order valence-electron chi connectivity index (χ4n) is 4.11. The first kappa shape index (κ1) is 21.6. The summed E-state index contributed by atoms with van der Waals surface area (Å²) >= 11 is 0. The first-order valence-electron chi connectivity index (χ1n) is 10.6. The van der Waals surface area contributed by atoms with Gasteiger partial charge < -0.3 is 9.73 Å². The summed E-state index contributed by atoms with van der Waals surface area (Å²) in [6, 6.07) is 16.5. The number of carbonyl (C=O) groups excluding carboxylic acids is 2. The number of halogens is 2. The van der Waals surface area contributed by atoms with Crippen LogP contribution in [0.4, 0.5) is 14.5 Å². The molecule has 1 aliphatic rings. The third-order valence-corrected chi connectivity index (χ3v) is 5.88. The Kier molecular flexibility index (Phi) is 5.24. The maximum Gasteiger partial charge on any atom is 0.277 e. The van der Waals surface area contributed by atoms with E-state index >= 15 is 0 Å². The van der Waals surface area contributed by atoms with Gasteiger partial charge in [-0.3, -0.25) is 19.2 Å². The zero-order valence-electron chi connectivity index (χ0n) is 18.2. The molecule has 172 valence electrons. The van der Waals surface area contributed by atoms with Gasteiger partial charge in [0.25, 0.3) is 5.91 Å². The Morgan fingerprint density at radius 1 is 1.12 bits per heavy atom. The number of nitrogens with zero attached hydrogens (tertiary/aromatic N) is 3. The summed E-state index contributed by atoms with van der Waals surface area (Å²) in [7, 11) is 0. The van der Waals surface area contributed by atoms with Crippen LogP contribution in [-0.4, -0.2) is 27.1 Å². The lowest BCUT2D eigenvalue weighted by Crippen LogP contribution is -2.64. The average molecular weight is 462 g/mol. The molecule has 2 amide bonds. The number of benzene rings is 2. The van der Waals surface area contributed by atoms with Crippen LogP contribution in [0.5, 0.6) is 0 Å². The van der Waals surface area contributed by atoms with E-state index in [9.17, 15) is 18.4 Å². The van der Waals surface area contributed by atoms with Crippen LogP contribution in [0.25, 0.3) is 11.5 Å². The van der Waals surface area contributed by atoms with Crippen LogP contribution in [-0.2, 0) is 17.9 Å². The minimum atomic E-state index is -1.50. The van der Waals surface area contributed by atoms with Crippen molar-refractivity contribution < 1.29 is 22.8 Å². The van der Waals surface area contributed by atoms with E-state index in [-0.39, 0.29) is 30.3 Å². The summed E-state index contributed by atoms with van der Waals surface area (Å²) in [5, 5.41) is 7.26. The van der Waals surface area contributed by atoms with E-state index in [2.05, 4.69) is 10.4 Å². The Hall–Kier alpha value is -4.27. The zero-order valence-corrected chi connectivity index (χ0v) is 18.2. The van der Waals surface area contributed by atoms with E-state index in [1.165, 1.54) is 46.2 Å². The summed E-state index contributed by atoms with van der Waals surface area (Å²) < 4.78 is 34.9. The van der Waals surface area contributed by atoms with E-state index in [0.29, 0.717) is 17.0 Å². The number of amides is 2. The summed E-state index contributed by atoms with van der Waals surface area (Å²) in [5.41, 5.74) is -0.202. The molecular formula is C25H20F2N4O3. The lowest BCUT2D eigenvalue weighted by atomic mass is 9.93. The van der Waals surface area contributed by atoms with Gasteiger partial charge in [0.15, 0.2) is 5.76 Å². The van der Waals surface area contributed by atoms with Gasteiger partial charge in [0.05, 0.1) is 18.5 Å². The second kappa shape index (κ2) is 8.26. The molecule has 0 bridgehead atoms. The maximum absolute atomic E-state index is 14.8. The highest BCUT2D eigenvalue weighted by atomic mass is 19.1. The lowest BCUT2D eigenvalue weighted by Gasteiger charge is -2.43. The third kappa shape index (κ3) is 3.64. The molecule has 34 heavy (non-hydrogen) atoms. The fourth-order valence-corrected chi connectivity index (χ4v) is 4.11. The highest BCUT2D eigenvalue weighted by Gasteiger charge is 2.49. The third-order valence-electron chi connectivity index (χ3n) is 5.88. The molecule has 1 atom stereocenters. The molecule has 5 rings (SSSR count). The van der Waals surface area contributed by atoms with Crippen LogP contribution < -0.4 is 10.2 Å². The molecule has 0 spiro atoms. The molecular weight excluding hydrogens is 442 g/mol. The molecule has 4 aromatic rings. The van der Waals surface area contributed by atoms with Crippen LogP contribution in [0.2, 0.25) is 0 Å². The maximum atomic E-state index is 14.8. The van der Waals surface area contributed by atoms with Gasteiger partial charge in [-0.1, -0.05) is 24.3 Å². The standard InChI is InChI=1S/C25H20F2N4O3/c1-25(24(33)28-14-16-8-10-17(26)11-9-16)15-30-21(13-19(29-30)22-7-4-12-34-22)23(32)31(25)20-6-3-2-5-18(20)27/h2-13H,14-15H2,1H3,(H,28,33)/t25-/m0/s1. The molecule has 0 saturated carbocycles. The number of nitrogens with one attached hydrogen (secondary N) is 1. The molecule has 0 unspecified atom stereocenters. The van der Waals surface area contributed by atoms with Crippen molar-refractivity contribution in [2.75, 3.05) is 4.90 Å². The smallest absolute Gasteiger partial charge is 0.277 e. The number of hydrogen-bond donors (Lipinski definition) is 1. The SMILES string of the molecule is C[C@@]1(C(=O)NCc2ccc(F)cc2)Cn2nc(-c3ccco3)cc2C(=O)N1c1ccccc1F. The number of rotatable bonds is 5. The van der Waals surface area contributed by atoms with Gasteiger partial charge in [-0.05, 0) is 48.9 Å². The summed E-state index contributed by atoms with van der Waals surface area (Å²) in [5.74, 6) is -1.62. The van der Waals surface area contributed by atoms with Gasteiger partial charge in [0, 0.05) is 12.6 Å². The van der Waals surface area contributed by atoms with Crippen molar-refractivity contribution in [3.8, 4) is 11.5 Å². The Balaban J connectivity index is 1.54. The molecule has 0 saturated heterocycles. The van der Waals surface area contributed by atoms with E-state index < -0.39 is 23.2 Å². The first-order valence-corrected chi connectivity index (χ1v) is 10.6. The van der Waals surface area contributed by atoms with Gasteiger partial charge in [-0.2, -0.15) is 5.10 Å². The van der Waals surface area contributed by atoms with Crippen LogP contribution >= 0.6 is 0 Å². The molecule has 7 nitrogen and oxygen atoms in total. The van der Waals surface area contributed by atoms with Crippen LogP contribution in [0, 0.1) is 11.6 Å². The van der Waals surface area contributed by atoms with Gasteiger partial charge in [0.1, 0.15) is 28.6 Å². The van der Waals surface area contributed by atoms with Crippen molar-refractivity contribution in [2.45, 2.75) is 25.6 Å². The highest BCUT2D eigenvalue weighted by Crippen LogP contribution is 2.35. The second-order valence-corrected chi connectivity index (χ2v) is 8.22. The molecule has 1 aliphatic heterocycles. The minimum absolute atomic E-state index is 0.0149. The second-order valence-electron chi connectivity index (χ2n) is 8.22. The van der Waals surface area contributed by atoms with Crippen LogP contribution in [0.1, 0.15) is 23.0 Å². The Bertz CT molecular complexity index is 1370. The number of carbonyl (C=O) groups is 2. The van der Waals surface area contributed by atoms with E-state index in [1.54, 1.807) is 43.3 Å². The molecule has 1 N–H and O–H groups in total. The van der Waals surface area contributed by atoms with Crippen molar-refractivity contribution in [1.82, 2.24) is 15.1 Å². The molecule has 0 fully saturated rings. The Labute approximate surface area is 193 Å². The summed E-state index contributed by atoms with van der Waals surface area (Å²) in [6.45, 7) is 1.66. The quantitative estimate of drug-likeness (QED) is 0.483. The van der Waals surface area contributed by atoms with Crippen LogP contribution in [0.3, 0.4) is 0 Å².